The monoisotopic (exact) mass is 763 g/mol. The highest BCUT2D eigenvalue weighted by atomic mass is 14.8. The molecule has 12 aromatic rings. The molecule has 5 aromatic heterocycles. The molecule has 0 saturated carbocycles. The second-order valence-corrected chi connectivity index (χ2v) is 15.2. The maximum atomic E-state index is 5.39. The highest BCUT2D eigenvalue weighted by molar-refractivity contribution is 6.26. The minimum atomic E-state index is 0.806. The Morgan fingerprint density at radius 3 is 1.52 bits per heavy atom. The first-order valence-corrected chi connectivity index (χ1v) is 20.2. The fourth-order valence-corrected chi connectivity index (χ4v) is 8.90. The maximum Gasteiger partial charge on any atom is 0.0978 e. The zero-order valence-electron chi connectivity index (χ0n) is 32.3. The van der Waals surface area contributed by atoms with E-state index in [0.717, 1.165) is 77.9 Å². The average Bonchev–Trinajstić information content (AvgIpc) is 3.33. The van der Waals surface area contributed by atoms with Gasteiger partial charge in [-0.15, -0.1) is 0 Å². The van der Waals surface area contributed by atoms with Gasteiger partial charge >= 0.3 is 0 Å². The van der Waals surface area contributed by atoms with Crippen LogP contribution in [0.15, 0.2) is 200 Å². The van der Waals surface area contributed by atoms with Gasteiger partial charge in [0.25, 0.3) is 0 Å². The van der Waals surface area contributed by atoms with Crippen LogP contribution in [0, 0.1) is 0 Å². The van der Waals surface area contributed by atoms with Gasteiger partial charge in [-0.3, -0.25) is 9.97 Å². The second-order valence-electron chi connectivity index (χ2n) is 15.2. The lowest BCUT2D eigenvalue weighted by molar-refractivity contribution is 1.22. The first-order valence-electron chi connectivity index (χ1n) is 20.2. The Bertz CT molecular complexity index is 3570. The first kappa shape index (κ1) is 33.9. The largest absolute Gasteiger partial charge is 0.255 e. The van der Waals surface area contributed by atoms with Gasteiger partial charge in [-0.25, -0.2) is 15.0 Å². The van der Waals surface area contributed by atoms with E-state index >= 15 is 0 Å². The van der Waals surface area contributed by atoms with Gasteiger partial charge in [0.1, 0.15) is 0 Å². The molecule has 0 fully saturated rings. The quantitative estimate of drug-likeness (QED) is 0.129. The second kappa shape index (κ2) is 13.8. The molecule has 0 spiro atoms. The summed E-state index contributed by atoms with van der Waals surface area (Å²) in [7, 11) is 0. The Morgan fingerprint density at radius 2 is 0.833 bits per heavy atom. The highest BCUT2D eigenvalue weighted by Gasteiger charge is 2.17. The molecule has 0 N–H and O–H groups in total. The fourth-order valence-electron chi connectivity index (χ4n) is 8.90. The summed E-state index contributed by atoms with van der Waals surface area (Å²) in [6.07, 6.45) is 3.61. The molecule has 0 aliphatic carbocycles. The van der Waals surface area contributed by atoms with Gasteiger partial charge in [-0.1, -0.05) is 127 Å². The number of rotatable bonds is 5. The van der Waals surface area contributed by atoms with Crippen LogP contribution in [0.1, 0.15) is 0 Å². The molecule has 0 bridgehead atoms. The number of benzene rings is 7. The van der Waals surface area contributed by atoms with Crippen LogP contribution in [0.3, 0.4) is 0 Å². The lowest BCUT2D eigenvalue weighted by Crippen LogP contribution is -1.94. The fraction of sp³-hybridized carbons (Fsp3) is 0. The zero-order chi connectivity index (χ0) is 39.6. The van der Waals surface area contributed by atoms with Crippen LogP contribution in [0.4, 0.5) is 0 Å². The summed E-state index contributed by atoms with van der Waals surface area (Å²) in [5.74, 6) is 0. The number of hydrogen-bond donors (Lipinski definition) is 0. The number of hydrogen-bond acceptors (Lipinski definition) is 5. The van der Waals surface area contributed by atoms with Crippen LogP contribution in [0.2, 0.25) is 0 Å². The van der Waals surface area contributed by atoms with Gasteiger partial charge in [-0.2, -0.15) is 0 Å². The molecule has 0 aliphatic rings. The standard InChI is InChI=1S/C55H33N5/c1-2-12-34(13-3-1)53-43-16-6-7-17-48(43)60-55-44(53)26-20-35-23-27-47(59-54(35)55)37-22-25-42-41-24-21-36(30-45(41)39-14-4-5-15-40(39)46(42)31-37)38-32-51(49-18-8-10-28-56-49)58-52(33-38)50-19-9-11-29-57-50/h1-33H. The van der Waals surface area contributed by atoms with E-state index in [9.17, 15) is 0 Å². The minimum Gasteiger partial charge on any atom is -0.255 e. The molecule has 60 heavy (non-hydrogen) atoms. The Balaban J connectivity index is 1.02. The van der Waals surface area contributed by atoms with Crippen molar-refractivity contribution in [2.24, 2.45) is 0 Å². The van der Waals surface area contributed by atoms with Crippen LogP contribution >= 0.6 is 0 Å². The Kier molecular flexibility index (Phi) is 7.78. The predicted molar refractivity (Wildman–Crippen MR) is 248 cm³/mol. The molecule has 0 saturated heterocycles. The van der Waals surface area contributed by atoms with Crippen molar-refractivity contribution >= 4 is 65.0 Å². The van der Waals surface area contributed by atoms with Crippen LogP contribution < -0.4 is 0 Å². The van der Waals surface area contributed by atoms with Crippen LogP contribution in [-0.4, -0.2) is 24.9 Å². The molecule has 0 atom stereocenters. The van der Waals surface area contributed by atoms with Crippen LogP contribution in [-0.2, 0) is 0 Å². The SMILES string of the molecule is c1ccc(-c2c3ccccc3nc3c2ccc2ccc(-c4ccc5c6ccc(-c7cc(-c8ccccn8)nc(-c8ccccn8)c7)cc6c6ccccc6c5c4)nc23)cc1. The molecule has 5 nitrogen and oxygen atoms in total. The molecule has 0 unspecified atom stereocenters. The molecular weight excluding hydrogens is 731 g/mol. The Hall–Kier alpha value is -8.15. The summed E-state index contributed by atoms with van der Waals surface area (Å²) in [5.41, 5.74) is 12.5. The third-order valence-electron chi connectivity index (χ3n) is 11.7. The van der Waals surface area contributed by atoms with Gasteiger partial charge in [0.15, 0.2) is 0 Å². The number of aromatic nitrogens is 5. The van der Waals surface area contributed by atoms with Gasteiger partial charge in [0.2, 0.25) is 0 Å². The lowest BCUT2D eigenvalue weighted by atomic mass is 9.90. The molecule has 7 aromatic carbocycles. The number of fused-ring (bicyclic) bond motifs is 10. The van der Waals surface area contributed by atoms with E-state index in [0.29, 0.717) is 0 Å². The van der Waals surface area contributed by atoms with Crippen molar-refractivity contribution in [1.29, 1.82) is 0 Å². The predicted octanol–water partition coefficient (Wildman–Crippen LogP) is 13.9. The molecular formula is C55H33N5. The Labute approximate surface area is 345 Å². The molecule has 278 valence electrons. The van der Waals surface area contributed by atoms with Gasteiger partial charge < -0.3 is 0 Å². The summed E-state index contributed by atoms with van der Waals surface area (Å²) in [5, 5.41) is 10.5. The topological polar surface area (TPSA) is 64.5 Å². The van der Waals surface area contributed by atoms with Crippen molar-refractivity contribution < 1.29 is 0 Å². The maximum absolute atomic E-state index is 5.39. The van der Waals surface area contributed by atoms with E-state index in [-0.39, 0.29) is 0 Å². The van der Waals surface area contributed by atoms with Crippen molar-refractivity contribution in [2.75, 3.05) is 0 Å². The molecule has 5 heteroatoms. The molecule has 0 amide bonds. The van der Waals surface area contributed by atoms with Gasteiger partial charge in [0.05, 0.1) is 45.0 Å². The van der Waals surface area contributed by atoms with Crippen molar-refractivity contribution in [3.63, 3.8) is 0 Å². The van der Waals surface area contributed by atoms with E-state index in [2.05, 4.69) is 162 Å². The van der Waals surface area contributed by atoms with Crippen molar-refractivity contribution in [1.82, 2.24) is 24.9 Å². The van der Waals surface area contributed by atoms with E-state index < -0.39 is 0 Å². The van der Waals surface area contributed by atoms with Crippen molar-refractivity contribution in [3.05, 3.63) is 200 Å². The molecule has 12 rings (SSSR count). The van der Waals surface area contributed by atoms with Gasteiger partial charge in [-0.05, 0) is 110 Å². The number of nitrogens with zero attached hydrogens (tertiary/aromatic N) is 5. The van der Waals surface area contributed by atoms with E-state index in [1.807, 2.05) is 36.4 Å². The first-order chi connectivity index (χ1) is 29.7. The number of pyridine rings is 5. The average molecular weight is 764 g/mol. The van der Waals surface area contributed by atoms with Crippen molar-refractivity contribution in [2.45, 2.75) is 0 Å². The third-order valence-corrected chi connectivity index (χ3v) is 11.7. The van der Waals surface area contributed by atoms with Crippen LogP contribution in [0.25, 0.3) is 121 Å². The van der Waals surface area contributed by atoms with Crippen molar-refractivity contribution in [3.8, 4) is 56.3 Å². The van der Waals surface area contributed by atoms with E-state index in [1.165, 1.54) is 43.4 Å². The smallest absolute Gasteiger partial charge is 0.0978 e. The van der Waals surface area contributed by atoms with Crippen LogP contribution in [0.5, 0.6) is 0 Å². The zero-order valence-corrected chi connectivity index (χ0v) is 32.3. The molecule has 5 heterocycles. The Morgan fingerprint density at radius 1 is 0.267 bits per heavy atom. The molecule has 0 radical (unpaired) electrons. The summed E-state index contributed by atoms with van der Waals surface area (Å²) < 4.78 is 0. The summed E-state index contributed by atoms with van der Waals surface area (Å²) in [6.45, 7) is 0. The van der Waals surface area contributed by atoms with Gasteiger partial charge in [0, 0.05) is 39.7 Å². The summed E-state index contributed by atoms with van der Waals surface area (Å²) in [6, 6.07) is 66.1. The minimum absolute atomic E-state index is 0.806. The number of para-hydroxylation sites is 1. The lowest BCUT2D eigenvalue weighted by Gasteiger charge is -2.15. The van der Waals surface area contributed by atoms with E-state index in [4.69, 9.17) is 15.0 Å². The molecule has 0 aliphatic heterocycles. The summed E-state index contributed by atoms with van der Waals surface area (Å²) >= 11 is 0. The highest BCUT2D eigenvalue weighted by Crippen LogP contribution is 2.41. The third kappa shape index (κ3) is 5.59. The normalized spacial score (nSPS) is 11.7. The summed E-state index contributed by atoms with van der Waals surface area (Å²) in [4.78, 5) is 24.9. The van der Waals surface area contributed by atoms with E-state index in [1.54, 1.807) is 12.4 Å².